The van der Waals surface area contributed by atoms with E-state index in [-0.39, 0.29) is 24.8 Å². The number of allylic oxidation sites excluding steroid dienone is 4. The van der Waals surface area contributed by atoms with Gasteiger partial charge in [0.15, 0.2) is 12.3 Å². The van der Waals surface area contributed by atoms with Crippen molar-refractivity contribution in [2.24, 2.45) is 5.92 Å². The summed E-state index contributed by atoms with van der Waals surface area (Å²) >= 11 is 0. The van der Waals surface area contributed by atoms with E-state index in [0.717, 1.165) is 68.0 Å². The number of nitrogens with zero attached hydrogens (tertiary/aromatic N) is 2. The summed E-state index contributed by atoms with van der Waals surface area (Å²) in [7, 11) is -10.9. The van der Waals surface area contributed by atoms with Gasteiger partial charge in [0.25, 0.3) is 0 Å². The van der Waals surface area contributed by atoms with E-state index in [1.54, 1.807) is 0 Å². The molecule has 0 aliphatic carbocycles. The summed E-state index contributed by atoms with van der Waals surface area (Å²) in [5, 5.41) is 21.0. The number of nitrogen functional groups attached to an aromatic ring is 1. The Kier molecular flexibility index (Phi) is 34.0. The Morgan fingerprint density at radius 1 is 0.693 bits per heavy atom. The zero-order chi connectivity index (χ0) is 54.7. The molecule has 19 nitrogen and oxygen atoms in total. The highest BCUT2D eigenvalue weighted by Gasteiger charge is 2.46. The zero-order valence-corrected chi connectivity index (χ0v) is 47.0. The van der Waals surface area contributed by atoms with Crippen LogP contribution in [-0.2, 0) is 51.0 Å². The lowest BCUT2D eigenvalue weighted by Gasteiger charge is -2.21. The number of phosphoric ester groups is 2. The van der Waals surface area contributed by atoms with Crippen molar-refractivity contribution in [3.8, 4) is 0 Å². The Morgan fingerprint density at radius 2 is 1.24 bits per heavy atom. The van der Waals surface area contributed by atoms with Crippen molar-refractivity contribution < 1.29 is 71.0 Å². The predicted molar refractivity (Wildman–Crippen MR) is 288 cm³/mol. The molecule has 0 radical (unpaired) electrons. The highest BCUT2D eigenvalue weighted by molar-refractivity contribution is 7.61. The summed E-state index contributed by atoms with van der Waals surface area (Å²) in [4.78, 5) is 62.1. The lowest BCUT2D eigenvalue weighted by Crippen LogP contribution is -2.36. The van der Waals surface area contributed by atoms with Crippen LogP contribution in [0.2, 0.25) is 0 Å². The average molecular weight is 1100 g/mol. The lowest BCUT2D eigenvalue weighted by atomic mass is 10.0. The Hall–Kier alpha value is -3.06. The molecule has 430 valence electrons. The molecule has 0 amide bonds. The third-order valence-electron chi connectivity index (χ3n) is 13.1. The second kappa shape index (κ2) is 38.5. The molecule has 1 aromatic heterocycles. The van der Waals surface area contributed by atoms with Gasteiger partial charge in [0.05, 0.1) is 25.4 Å². The number of hydrogen-bond donors (Lipinski definition) is 5. The van der Waals surface area contributed by atoms with Gasteiger partial charge in [0, 0.05) is 19.0 Å². The average Bonchev–Trinajstić information content (AvgIpc) is 4.05. The van der Waals surface area contributed by atoms with E-state index in [0.29, 0.717) is 25.4 Å². The number of phosphoric acid groups is 2. The van der Waals surface area contributed by atoms with Gasteiger partial charge in [0.2, 0.25) is 0 Å². The van der Waals surface area contributed by atoms with Crippen LogP contribution < -0.4 is 11.4 Å². The molecule has 3 heterocycles. The molecule has 2 aliphatic heterocycles. The Morgan fingerprint density at radius 3 is 1.85 bits per heavy atom. The fraction of sp³-hybridized carbons (Fsp3) is 0.778. The first-order valence-electron chi connectivity index (χ1n) is 28.0. The summed E-state index contributed by atoms with van der Waals surface area (Å²) in [6.07, 6.45) is 35.4. The van der Waals surface area contributed by atoms with Crippen molar-refractivity contribution in [2.75, 3.05) is 25.6 Å². The van der Waals surface area contributed by atoms with Gasteiger partial charge in [-0.2, -0.15) is 9.29 Å². The number of aliphatic hydroxyl groups is 2. The topological polar surface area (TPSA) is 278 Å². The van der Waals surface area contributed by atoms with E-state index in [2.05, 4.69) is 54.4 Å². The minimum atomic E-state index is -5.44. The predicted octanol–water partition coefficient (Wildman–Crippen LogP) is 11.2. The summed E-state index contributed by atoms with van der Waals surface area (Å²) in [6, 6.07) is 1.25. The molecular formula is C54H93N3O16P2. The number of hydrogen-bond acceptors (Lipinski definition) is 16. The quantitative estimate of drug-likeness (QED) is 0.0133. The molecule has 9 atom stereocenters. The molecule has 2 aliphatic rings. The van der Waals surface area contributed by atoms with Gasteiger partial charge in [-0.3, -0.25) is 23.2 Å². The molecule has 21 heteroatoms. The van der Waals surface area contributed by atoms with Crippen molar-refractivity contribution in [2.45, 2.75) is 243 Å². The van der Waals surface area contributed by atoms with Crippen LogP contribution in [0, 0.1) is 5.92 Å². The van der Waals surface area contributed by atoms with Crippen LogP contribution in [0.3, 0.4) is 0 Å². The molecule has 6 N–H and O–H groups in total. The van der Waals surface area contributed by atoms with Crippen molar-refractivity contribution in [3.05, 3.63) is 59.2 Å². The number of carbonyl (C=O) groups excluding carboxylic acids is 2. The van der Waals surface area contributed by atoms with Gasteiger partial charge in [0.1, 0.15) is 30.7 Å². The highest BCUT2D eigenvalue weighted by Crippen LogP contribution is 2.60. The SMILES string of the molecule is CCCCC/C=C\CC1OC1C/C=C\C/C=C\CCCC(=O)OC[C@H](COP(=O)(O)OP(=O)(O)OC[C@H]1O[C@@H](n2ccc(N)nc2=O)[C@H](O)[C@@H]1O)OC(=O)CCCCCCCCCCCCCCCCCCC(C)C. The number of epoxide rings is 1. The smallest absolute Gasteiger partial charge is 0.462 e. The minimum absolute atomic E-state index is 0.0384. The summed E-state index contributed by atoms with van der Waals surface area (Å²) in [5.41, 5.74) is 4.59. The number of aliphatic hydroxyl groups excluding tert-OH is 2. The van der Waals surface area contributed by atoms with E-state index >= 15 is 0 Å². The Bertz CT molecular complexity index is 1980. The standard InChI is InChI=1S/C54H93N3O16P2/c1-4-5-6-7-24-29-34-45-46(71-45)35-30-25-20-18-22-26-31-36-49(58)67-40-44(70-50(59)37-32-27-21-17-15-13-11-9-8-10-12-14-16-19-23-28-33-43(2)3)41-68-74(63,64)73-75(65,66)69-42-47-51(60)52(61)53(72-47)57-39-38-48(55)56-54(57)62/h18,22,24-25,29-30,38-39,43-47,51-53,60-61H,4-17,19-21,23,26-28,31-37,40-42H2,1-3H3,(H,63,64)(H,65,66)(H2,55,56,62)/b22-18-,29-24-,30-25-/t44-,45?,46?,47-,51-,52-,53-/m1/s1. The zero-order valence-electron chi connectivity index (χ0n) is 45.2. The first-order chi connectivity index (χ1) is 36.0. The maximum atomic E-state index is 12.9. The van der Waals surface area contributed by atoms with E-state index in [4.69, 9.17) is 33.7 Å². The summed E-state index contributed by atoms with van der Waals surface area (Å²) in [6.45, 7) is 4.43. The van der Waals surface area contributed by atoms with Crippen LogP contribution >= 0.6 is 15.6 Å². The van der Waals surface area contributed by atoms with Gasteiger partial charge >= 0.3 is 33.3 Å². The number of aromatic nitrogens is 2. The fourth-order valence-electron chi connectivity index (χ4n) is 8.59. The number of nitrogens with two attached hydrogens (primary N) is 1. The highest BCUT2D eigenvalue weighted by atomic mass is 31.3. The van der Waals surface area contributed by atoms with Gasteiger partial charge in [-0.05, 0) is 63.4 Å². The molecule has 1 aromatic rings. The minimum Gasteiger partial charge on any atom is -0.462 e. The van der Waals surface area contributed by atoms with Crippen molar-refractivity contribution in [1.29, 1.82) is 0 Å². The van der Waals surface area contributed by atoms with Crippen LogP contribution in [-0.4, -0.2) is 97.9 Å². The third-order valence-corrected chi connectivity index (χ3v) is 15.7. The molecule has 2 fully saturated rings. The Labute approximate surface area is 446 Å². The van der Waals surface area contributed by atoms with Gasteiger partial charge in [-0.15, -0.1) is 0 Å². The van der Waals surface area contributed by atoms with Crippen molar-refractivity contribution in [3.63, 3.8) is 0 Å². The molecule has 4 unspecified atom stereocenters. The van der Waals surface area contributed by atoms with Crippen LogP contribution in [0.15, 0.2) is 53.5 Å². The number of ether oxygens (including phenoxy) is 4. The molecule has 0 aromatic carbocycles. The van der Waals surface area contributed by atoms with E-state index in [1.165, 1.54) is 102 Å². The maximum Gasteiger partial charge on any atom is 0.481 e. The van der Waals surface area contributed by atoms with E-state index < -0.39 is 83.7 Å². The summed E-state index contributed by atoms with van der Waals surface area (Å²) < 4.78 is 62.7. The van der Waals surface area contributed by atoms with Gasteiger partial charge in [-0.25, -0.2) is 13.9 Å². The largest absolute Gasteiger partial charge is 0.481 e. The second-order valence-electron chi connectivity index (χ2n) is 20.3. The molecule has 0 bridgehead atoms. The first-order valence-corrected chi connectivity index (χ1v) is 31.0. The van der Waals surface area contributed by atoms with Gasteiger partial charge in [-0.1, -0.05) is 173 Å². The molecule has 0 saturated carbocycles. The number of esters is 2. The van der Waals surface area contributed by atoms with Crippen LogP contribution in [0.4, 0.5) is 5.82 Å². The van der Waals surface area contributed by atoms with Crippen LogP contribution in [0.5, 0.6) is 0 Å². The molecule has 0 spiro atoms. The van der Waals surface area contributed by atoms with Crippen LogP contribution in [0.25, 0.3) is 0 Å². The molecular weight excluding hydrogens is 1010 g/mol. The lowest BCUT2D eigenvalue weighted by molar-refractivity contribution is -0.161. The molecule has 3 rings (SSSR count). The second-order valence-corrected chi connectivity index (χ2v) is 23.3. The van der Waals surface area contributed by atoms with Crippen molar-refractivity contribution >= 4 is 33.4 Å². The van der Waals surface area contributed by atoms with Gasteiger partial charge < -0.3 is 44.7 Å². The summed E-state index contributed by atoms with van der Waals surface area (Å²) in [5.74, 6) is -0.556. The Balaban J connectivity index is 1.38. The number of anilines is 1. The maximum absolute atomic E-state index is 12.9. The van der Waals surface area contributed by atoms with Crippen LogP contribution in [0.1, 0.15) is 207 Å². The first kappa shape index (κ1) is 66.2. The fourth-order valence-corrected chi connectivity index (χ4v) is 10.7. The number of unbranched alkanes of at least 4 members (excludes halogenated alkanes) is 19. The van der Waals surface area contributed by atoms with Crippen molar-refractivity contribution in [1.82, 2.24) is 9.55 Å². The monoisotopic (exact) mass is 1100 g/mol. The number of rotatable bonds is 45. The normalized spacial score (nSPS) is 21.8. The molecule has 2 saturated heterocycles. The number of carbonyl (C=O) groups is 2. The molecule has 75 heavy (non-hydrogen) atoms. The van der Waals surface area contributed by atoms with E-state index in [9.17, 15) is 43.5 Å². The third kappa shape index (κ3) is 31.2. The van der Waals surface area contributed by atoms with E-state index in [1.807, 2.05) is 12.2 Å².